The lowest BCUT2D eigenvalue weighted by Crippen LogP contribution is -2.55. The van der Waals surface area contributed by atoms with Crippen molar-refractivity contribution in [1.82, 2.24) is 19.8 Å². The molecule has 4 rings (SSSR count). The van der Waals surface area contributed by atoms with Gasteiger partial charge < -0.3 is 19.5 Å². The van der Waals surface area contributed by atoms with Gasteiger partial charge in [-0.3, -0.25) is 0 Å². The molecule has 1 amide bonds. The number of halogens is 1. The summed E-state index contributed by atoms with van der Waals surface area (Å²) in [6, 6.07) is 7.17. The van der Waals surface area contributed by atoms with Crippen molar-refractivity contribution in [1.29, 1.82) is 0 Å². The molecule has 1 aromatic carbocycles. The summed E-state index contributed by atoms with van der Waals surface area (Å²) in [6.45, 7) is 8.10. The van der Waals surface area contributed by atoms with Crippen LogP contribution in [0.15, 0.2) is 36.7 Å². The molecule has 0 unspecified atom stereocenters. The third-order valence-corrected chi connectivity index (χ3v) is 8.15. The molecule has 6 nitrogen and oxygen atoms in total. The fourth-order valence-electron chi connectivity index (χ4n) is 6.44. The van der Waals surface area contributed by atoms with Gasteiger partial charge in [0.2, 0.25) is 0 Å². The number of likely N-dealkylation sites (tertiary alicyclic amines) is 1. The molecule has 3 atom stereocenters. The summed E-state index contributed by atoms with van der Waals surface area (Å²) in [7, 11) is 1.41. The first-order valence-corrected chi connectivity index (χ1v) is 12.3. The number of aryl methyl sites for hydroxylation is 1. The number of nitrogens with zero attached hydrogens (tertiary/aromatic N) is 3. The minimum absolute atomic E-state index is 0.00579. The number of methoxy groups -OCH3 is 1. The van der Waals surface area contributed by atoms with Crippen LogP contribution in [0.1, 0.15) is 50.4 Å². The molecule has 1 aliphatic heterocycles. The first kappa shape index (κ1) is 23.7. The van der Waals surface area contributed by atoms with Crippen molar-refractivity contribution >= 4 is 6.09 Å². The highest BCUT2D eigenvalue weighted by Gasteiger charge is 2.52. The lowest BCUT2D eigenvalue weighted by molar-refractivity contribution is 0.0624. The quantitative estimate of drug-likeness (QED) is 0.665. The normalized spacial score (nSPS) is 23.9. The van der Waals surface area contributed by atoms with Crippen molar-refractivity contribution in [3.63, 3.8) is 0 Å². The molecule has 33 heavy (non-hydrogen) atoms. The molecule has 0 bridgehead atoms. The summed E-state index contributed by atoms with van der Waals surface area (Å²) in [5.74, 6) is 1.30. The molecular formula is C26H37FN4O2. The van der Waals surface area contributed by atoms with E-state index in [0.717, 1.165) is 69.7 Å². The molecule has 180 valence electrons. The van der Waals surface area contributed by atoms with Gasteiger partial charge in [0.15, 0.2) is 0 Å². The first-order chi connectivity index (χ1) is 16.0. The minimum Gasteiger partial charge on any atom is -0.453 e. The van der Waals surface area contributed by atoms with E-state index in [1.807, 2.05) is 25.4 Å². The Kier molecular flexibility index (Phi) is 7.37. The number of hydrogen-bond donors (Lipinski definition) is 1. The second-order valence-electron chi connectivity index (χ2n) is 9.64. The molecular weight excluding hydrogens is 419 g/mol. The first-order valence-electron chi connectivity index (χ1n) is 12.3. The number of benzene rings is 1. The number of ether oxygens (including phenoxy) is 1. The van der Waals surface area contributed by atoms with E-state index in [-0.39, 0.29) is 29.3 Å². The number of amides is 1. The molecule has 1 saturated carbocycles. The molecule has 2 aliphatic rings. The number of aromatic nitrogens is 2. The Bertz CT molecular complexity index is 940. The Morgan fingerprint density at radius 3 is 2.70 bits per heavy atom. The van der Waals surface area contributed by atoms with Crippen molar-refractivity contribution < 1.29 is 13.9 Å². The van der Waals surface area contributed by atoms with Crippen molar-refractivity contribution in [3.8, 4) is 0 Å². The van der Waals surface area contributed by atoms with E-state index in [0.29, 0.717) is 5.92 Å². The predicted octanol–water partition coefficient (Wildman–Crippen LogP) is 4.53. The Balaban J connectivity index is 1.83. The average molecular weight is 457 g/mol. The van der Waals surface area contributed by atoms with Gasteiger partial charge >= 0.3 is 6.09 Å². The molecule has 2 fully saturated rings. The molecule has 1 aliphatic carbocycles. The van der Waals surface area contributed by atoms with E-state index in [2.05, 4.69) is 32.8 Å². The van der Waals surface area contributed by atoms with Crippen molar-refractivity contribution in [2.75, 3.05) is 26.7 Å². The summed E-state index contributed by atoms with van der Waals surface area (Å²) in [5, 5.41) is 3.13. The minimum atomic E-state index is -0.389. The van der Waals surface area contributed by atoms with Gasteiger partial charge in [-0.2, -0.15) is 0 Å². The summed E-state index contributed by atoms with van der Waals surface area (Å²) in [6.07, 6.45) is 8.53. The molecule has 1 N–H and O–H groups in total. The summed E-state index contributed by atoms with van der Waals surface area (Å²) < 4.78 is 21.8. The number of carbonyl (C=O) groups excluding carboxylic acids is 1. The average Bonchev–Trinajstić information content (AvgIpc) is 3.46. The van der Waals surface area contributed by atoms with E-state index in [1.54, 1.807) is 6.07 Å². The zero-order valence-corrected chi connectivity index (χ0v) is 20.1. The fraction of sp³-hybridized carbons (Fsp3) is 0.615. The lowest BCUT2D eigenvalue weighted by Gasteiger charge is -2.51. The molecule has 0 radical (unpaired) electrons. The molecule has 1 aromatic heterocycles. The number of alkyl carbamates (subject to hydrolysis) is 1. The molecule has 1 saturated heterocycles. The van der Waals surface area contributed by atoms with E-state index < -0.39 is 0 Å². The van der Waals surface area contributed by atoms with Gasteiger partial charge in [-0.05, 0) is 81.8 Å². The van der Waals surface area contributed by atoms with Gasteiger partial charge in [0.1, 0.15) is 11.6 Å². The maximum absolute atomic E-state index is 14.7. The van der Waals surface area contributed by atoms with Crippen LogP contribution in [0.4, 0.5) is 9.18 Å². The predicted molar refractivity (Wildman–Crippen MR) is 127 cm³/mol. The zero-order chi connectivity index (χ0) is 23.4. The standard InChI is InChI=1S/C26H37FN4O2/c1-4-30-14-11-20(12-15-30)26(18-31-16-13-28-19(31)2,21-7-5-8-22(27)17-21)23-9-6-10-24(23)29-25(32)33-3/h5,7-8,13,16-17,20,23-24H,4,6,9-12,14-15,18H2,1-3H3,(H,29,32)/t23-,24-,26-/m0/s1. The summed E-state index contributed by atoms with van der Waals surface area (Å²) in [5.41, 5.74) is 0.712. The maximum Gasteiger partial charge on any atom is 0.407 e. The van der Waals surface area contributed by atoms with Crippen LogP contribution in [0.5, 0.6) is 0 Å². The molecule has 2 aromatic rings. The van der Waals surface area contributed by atoms with Crippen molar-refractivity contribution in [2.45, 2.75) is 64.0 Å². The molecule has 7 heteroatoms. The Morgan fingerprint density at radius 2 is 2.06 bits per heavy atom. The number of nitrogens with one attached hydrogen (secondary N) is 1. The van der Waals surface area contributed by atoms with Crippen molar-refractivity contribution in [3.05, 3.63) is 53.9 Å². The van der Waals surface area contributed by atoms with Crippen LogP contribution in [-0.4, -0.2) is 53.3 Å². The van der Waals surface area contributed by atoms with E-state index in [4.69, 9.17) is 4.74 Å². The van der Waals surface area contributed by atoms with E-state index >= 15 is 0 Å². The topological polar surface area (TPSA) is 59.4 Å². The second kappa shape index (κ2) is 10.2. The summed E-state index contributed by atoms with van der Waals surface area (Å²) >= 11 is 0. The SMILES string of the molecule is CCN1CCC([C@@](Cn2ccnc2C)(c2cccc(F)c2)[C@H]2CCC[C@@H]2NC(=O)OC)CC1. The Labute approximate surface area is 196 Å². The van der Waals surface area contributed by atoms with Crippen LogP contribution < -0.4 is 5.32 Å². The second-order valence-corrected chi connectivity index (χ2v) is 9.64. The summed E-state index contributed by atoms with van der Waals surface area (Å²) in [4.78, 5) is 19.2. The smallest absolute Gasteiger partial charge is 0.407 e. The van der Waals surface area contributed by atoms with E-state index in [9.17, 15) is 9.18 Å². The van der Waals surface area contributed by atoms with Gasteiger partial charge in [0, 0.05) is 30.4 Å². The van der Waals surface area contributed by atoms with Gasteiger partial charge in [-0.25, -0.2) is 14.2 Å². The number of piperidine rings is 1. The monoisotopic (exact) mass is 456 g/mol. The van der Waals surface area contributed by atoms with Crippen LogP contribution in [0.25, 0.3) is 0 Å². The third kappa shape index (κ3) is 4.79. The fourth-order valence-corrected chi connectivity index (χ4v) is 6.44. The van der Waals surface area contributed by atoms with Crippen molar-refractivity contribution in [2.24, 2.45) is 11.8 Å². The van der Waals surface area contributed by atoms with Crippen LogP contribution in [0.2, 0.25) is 0 Å². The zero-order valence-electron chi connectivity index (χ0n) is 20.1. The molecule has 2 heterocycles. The van der Waals surface area contributed by atoms with Crippen LogP contribution in [-0.2, 0) is 16.7 Å². The van der Waals surface area contributed by atoms with E-state index in [1.165, 1.54) is 13.2 Å². The maximum atomic E-state index is 14.7. The van der Waals surface area contributed by atoms with Crippen LogP contribution in [0.3, 0.4) is 0 Å². The van der Waals surface area contributed by atoms with Gasteiger partial charge in [-0.1, -0.05) is 25.5 Å². The van der Waals surface area contributed by atoms with Crippen LogP contribution >= 0.6 is 0 Å². The molecule has 0 spiro atoms. The highest BCUT2D eigenvalue weighted by molar-refractivity contribution is 5.67. The van der Waals surface area contributed by atoms with Gasteiger partial charge in [-0.15, -0.1) is 0 Å². The van der Waals surface area contributed by atoms with Gasteiger partial charge in [0.25, 0.3) is 0 Å². The van der Waals surface area contributed by atoms with Crippen LogP contribution in [0, 0.1) is 24.6 Å². The largest absolute Gasteiger partial charge is 0.453 e. The highest BCUT2D eigenvalue weighted by Crippen LogP contribution is 2.51. The number of carbonyl (C=O) groups is 1. The number of imidazole rings is 1. The number of rotatable bonds is 7. The highest BCUT2D eigenvalue weighted by atomic mass is 19.1. The van der Waals surface area contributed by atoms with Gasteiger partial charge in [0.05, 0.1) is 7.11 Å². The number of hydrogen-bond acceptors (Lipinski definition) is 4. The Hall–Kier alpha value is -2.41. The lowest BCUT2D eigenvalue weighted by atomic mass is 9.58. The Morgan fingerprint density at radius 1 is 1.27 bits per heavy atom. The third-order valence-electron chi connectivity index (χ3n) is 8.15.